The topological polar surface area (TPSA) is 88.1 Å². The number of azo groups is 1. The van der Waals surface area contributed by atoms with Crippen LogP contribution in [0.4, 0.5) is 8.78 Å². The first-order valence-electron chi connectivity index (χ1n) is 11.4. The molecule has 1 aromatic rings. The van der Waals surface area contributed by atoms with Crippen LogP contribution in [0.15, 0.2) is 59.4 Å². The maximum atomic E-state index is 14.5. The van der Waals surface area contributed by atoms with E-state index in [9.17, 15) is 18.4 Å². The minimum atomic E-state index is -0.759. The standard InChI is InChI=1S/C26H32F2N4O2/c1-6-30-31-21(22-19(27)8-7-9-20(22)28)14-16(2)18-10-12-26(5,25(18,3)4)24(34)32-13-11-17(15-32)23(29)33/h6-9,14,17-18H,1-2,10-13,15H2,3-5H3,(H2,29,33)/b21-14-,31-30?/t17?,18?,26-/m1/s1. The Balaban J connectivity index is 1.91. The van der Waals surface area contributed by atoms with Crippen molar-refractivity contribution in [2.24, 2.45) is 38.6 Å². The molecule has 1 aromatic carbocycles. The summed E-state index contributed by atoms with van der Waals surface area (Å²) in [6.07, 6.45) is 4.58. The molecule has 1 aliphatic carbocycles. The highest BCUT2D eigenvalue weighted by Gasteiger charge is 2.57. The van der Waals surface area contributed by atoms with Gasteiger partial charge in [-0.05, 0) is 54.4 Å². The van der Waals surface area contributed by atoms with Crippen LogP contribution in [-0.4, -0.2) is 29.8 Å². The van der Waals surface area contributed by atoms with Gasteiger partial charge in [0.1, 0.15) is 11.6 Å². The molecule has 1 heterocycles. The zero-order valence-electron chi connectivity index (χ0n) is 20.0. The van der Waals surface area contributed by atoms with Crippen LogP contribution in [0.1, 0.15) is 45.6 Å². The number of hydrogen-bond donors (Lipinski definition) is 1. The van der Waals surface area contributed by atoms with E-state index in [1.54, 1.807) is 4.90 Å². The van der Waals surface area contributed by atoms with Gasteiger partial charge in [-0.15, -0.1) is 0 Å². The van der Waals surface area contributed by atoms with Crippen molar-refractivity contribution >= 4 is 17.5 Å². The van der Waals surface area contributed by atoms with E-state index in [-0.39, 0.29) is 34.9 Å². The molecule has 2 aliphatic rings. The van der Waals surface area contributed by atoms with Crippen LogP contribution in [0.5, 0.6) is 0 Å². The summed E-state index contributed by atoms with van der Waals surface area (Å²) in [4.78, 5) is 26.9. The van der Waals surface area contributed by atoms with Crippen LogP contribution in [0.2, 0.25) is 0 Å². The molecule has 0 bridgehead atoms. The van der Waals surface area contributed by atoms with Crippen molar-refractivity contribution in [3.05, 3.63) is 66.4 Å². The fourth-order valence-electron chi connectivity index (χ4n) is 5.33. The summed E-state index contributed by atoms with van der Waals surface area (Å²) in [6.45, 7) is 14.5. The third kappa shape index (κ3) is 4.45. The van der Waals surface area contributed by atoms with Gasteiger partial charge in [-0.3, -0.25) is 9.59 Å². The molecule has 2 unspecified atom stereocenters. The van der Waals surface area contributed by atoms with Gasteiger partial charge in [0.25, 0.3) is 0 Å². The Kier molecular flexibility index (Phi) is 7.19. The highest BCUT2D eigenvalue weighted by Crippen LogP contribution is 2.59. The maximum absolute atomic E-state index is 14.5. The van der Waals surface area contributed by atoms with Crippen molar-refractivity contribution in [1.29, 1.82) is 0 Å². The molecule has 0 spiro atoms. The predicted octanol–water partition coefficient (Wildman–Crippen LogP) is 5.23. The third-order valence-corrected chi connectivity index (χ3v) is 7.81. The molecule has 2 amide bonds. The number of primary amides is 1. The van der Waals surface area contributed by atoms with Gasteiger partial charge in [-0.1, -0.05) is 40.0 Å². The van der Waals surface area contributed by atoms with Gasteiger partial charge in [0.2, 0.25) is 11.8 Å². The molecule has 1 saturated carbocycles. The van der Waals surface area contributed by atoms with E-state index in [4.69, 9.17) is 5.73 Å². The smallest absolute Gasteiger partial charge is 0.229 e. The number of rotatable bonds is 7. The second-order valence-corrected chi connectivity index (χ2v) is 9.88. The van der Waals surface area contributed by atoms with Gasteiger partial charge in [0.05, 0.1) is 22.6 Å². The van der Waals surface area contributed by atoms with E-state index in [0.29, 0.717) is 37.9 Å². The second kappa shape index (κ2) is 9.60. The Morgan fingerprint density at radius 2 is 1.85 bits per heavy atom. The van der Waals surface area contributed by atoms with Gasteiger partial charge in [0.15, 0.2) is 0 Å². The van der Waals surface area contributed by atoms with E-state index in [1.807, 2.05) is 20.8 Å². The van der Waals surface area contributed by atoms with Crippen molar-refractivity contribution < 1.29 is 18.4 Å². The van der Waals surface area contributed by atoms with E-state index >= 15 is 0 Å². The summed E-state index contributed by atoms with van der Waals surface area (Å²) in [6, 6.07) is 3.59. The number of carbonyl (C=O) groups is 2. The van der Waals surface area contributed by atoms with Gasteiger partial charge >= 0.3 is 0 Å². The van der Waals surface area contributed by atoms with Crippen LogP contribution < -0.4 is 5.73 Å². The Bertz CT molecular complexity index is 1060. The van der Waals surface area contributed by atoms with Crippen molar-refractivity contribution in [1.82, 2.24) is 4.90 Å². The molecule has 1 saturated heterocycles. The maximum Gasteiger partial charge on any atom is 0.229 e. The zero-order chi connectivity index (χ0) is 25.3. The Morgan fingerprint density at radius 3 is 2.41 bits per heavy atom. The molecule has 0 aromatic heterocycles. The van der Waals surface area contributed by atoms with Crippen LogP contribution >= 0.6 is 0 Å². The summed E-state index contributed by atoms with van der Waals surface area (Å²) < 4.78 is 29.0. The SMILES string of the molecule is C=CN=N/C(=C\C(=C)C1CC[C@](C)(C(=O)N2CCC(C(N)=O)C2)C1(C)C)c1c(F)cccc1F. The fraction of sp³-hybridized carbons (Fsp3) is 0.462. The van der Waals surface area contributed by atoms with Crippen molar-refractivity contribution in [2.75, 3.05) is 13.1 Å². The molecule has 2 fully saturated rings. The van der Waals surface area contributed by atoms with Crippen molar-refractivity contribution in [2.45, 2.75) is 40.0 Å². The van der Waals surface area contributed by atoms with Crippen LogP contribution in [0, 0.1) is 34.3 Å². The van der Waals surface area contributed by atoms with Gasteiger partial charge in [0, 0.05) is 19.3 Å². The van der Waals surface area contributed by atoms with Crippen molar-refractivity contribution in [3.8, 4) is 0 Å². The lowest BCUT2D eigenvalue weighted by atomic mass is 9.63. The fourth-order valence-corrected chi connectivity index (χ4v) is 5.33. The quantitative estimate of drug-likeness (QED) is 0.437. The highest BCUT2D eigenvalue weighted by atomic mass is 19.1. The van der Waals surface area contributed by atoms with E-state index in [1.165, 1.54) is 18.3 Å². The average Bonchev–Trinajstić information content (AvgIpc) is 3.35. The molecule has 1 aliphatic heterocycles. The summed E-state index contributed by atoms with van der Waals surface area (Å²) >= 11 is 0. The Labute approximate surface area is 199 Å². The number of carbonyl (C=O) groups excluding carboxylic acids is 2. The molecule has 3 rings (SSSR count). The van der Waals surface area contributed by atoms with E-state index < -0.39 is 22.5 Å². The minimum absolute atomic E-state index is 0.0000671. The second-order valence-electron chi connectivity index (χ2n) is 9.88. The number of nitrogens with two attached hydrogens (primary N) is 1. The van der Waals surface area contributed by atoms with Gasteiger partial charge < -0.3 is 10.6 Å². The van der Waals surface area contributed by atoms with Gasteiger partial charge in [-0.25, -0.2) is 8.78 Å². The Hall–Kier alpha value is -3.16. The molecule has 182 valence electrons. The van der Waals surface area contributed by atoms with Crippen LogP contribution in [0.25, 0.3) is 5.70 Å². The molecule has 2 N–H and O–H groups in total. The van der Waals surface area contributed by atoms with Crippen LogP contribution in [0.3, 0.4) is 0 Å². The highest BCUT2D eigenvalue weighted by molar-refractivity contribution is 5.86. The first kappa shape index (κ1) is 25.5. The molecular weight excluding hydrogens is 438 g/mol. The lowest BCUT2D eigenvalue weighted by Crippen LogP contribution is -2.48. The van der Waals surface area contributed by atoms with E-state index in [0.717, 1.165) is 12.1 Å². The molecule has 0 radical (unpaired) electrons. The normalized spacial score (nSPS) is 26.7. The summed E-state index contributed by atoms with van der Waals surface area (Å²) in [5, 5.41) is 7.69. The number of benzene rings is 1. The zero-order valence-corrected chi connectivity index (χ0v) is 20.0. The molecule has 3 atom stereocenters. The molecular formula is C26H32F2N4O2. The number of hydrogen-bond acceptors (Lipinski definition) is 4. The van der Waals surface area contributed by atoms with Crippen LogP contribution in [-0.2, 0) is 9.59 Å². The number of nitrogens with zero attached hydrogens (tertiary/aromatic N) is 3. The van der Waals surface area contributed by atoms with Crippen molar-refractivity contribution in [3.63, 3.8) is 0 Å². The minimum Gasteiger partial charge on any atom is -0.369 e. The number of allylic oxidation sites excluding steroid dienone is 2. The molecule has 34 heavy (non-hydrogen) atoms. The lowest BCUT2D eigenvalue weighted by Gasteiger charge is -2.43. The summed E-state index contributed by atoms with van der Waals surface area (Å²) in [7, 11) is 0. The first-order chi connectivity index (χ1) is 15.9. The van der Waals surface area contributed by atoms with E-state index in [2.05, 4.69) is 23.4 Å². The number of amides is 2. The summed E-state index contributed by atoms with van der Waals surface area (Å²) in [5.41, 5.74) is 4.54. The molecule has 8 heteroatoms. The van der Waals surface area contributed by atoms with Gasteiger partial charge in [-0.2, -0.15) is 10.2 Å². The largest absolute Gasteiger partial charge is 0.369 e. The molecule has 6 nitrogen and oxygen atoms in total. The summed E-state index contributed by atoms with van der Waals surface area (Å²) in [5.74, 6) is -2.37. The monoisotopic (exact) mass is 470 g/mol. The number of likely N-dealkylation sites (tertiary alicyclic amines) is 1. The number of halogens is 2. The average molecular weight is 471 g/mol. The third-order valence-electron chi connectivity index (χ3n) is 7.81. The first-order valence-corrected chi connectivity index (χ1v) is 11.4. The lowest BCUT2D eigenvalue weighted by molar-refractivity contribution is -0.146. The predicted molar refractivity (Wildman–Crippen MR) is 127 cm³/mol. The Morgan fingerprint density at radius 1 is 1.21 bits per heavy atom.